The van der Waals surface area contributed by atoms with Gasteiger partial charge in [0.1, 0.15) is 22.6 Å². The lowest BCUT2D eigenvalue weighted by Gasteiger charge is -2.32. The van der Waals surface area contributed by atoms with Crippen molar-refractivity contribution in [1.82, 2.24) is 19.3 Å². The van der Waals surface area contributed by atoms with Crippen molar-refractivity contribution in [3.8, 4) is 11.9 Å². The van der Waals surface area contributed by atoms with Crippen LogP contribution in [0, 0.1) is 18.3 Å². The minimum Gasteiger partial charge on any atom is -0.470 e. The van der Waals surface area contributed by atoms with Crippen molar-refractivity contribution < 1.29 is 18.3 Å². The third kappa shape index (κ3) is 4.93. The molecule has 2 aromatic heterocycles. The second kappa shape index (κ2) is 9.21. The molecule has 176 valence electrons. The van der Waals surface area contributed by atoms with Crippen molar-refractivity contribution in [3.05, 3.63) is 35.8 Å². The van der Waals surface area contributed by atoms with E-state index in [1.165, 1.54) is 10.5 Å². The average Bonchev–Trinajstić information content (AvgIpc) is 3.12. The third-order valence-corrected chi connectivity index (χ3v) is 8.37. The smallest absolute Gasteiger partial charge is 0.244 e. The van der Waals surface area contributed by atoms with Gasteiger partial charge in [-0.25, -0.2) is 13.4 Å². The van der Waals surface area contributed by atoms with Gasteiger partial charge in [-0.3, -0.25) is 4.98 Å². The molecular weight excluding hydrogens is 444 g/mol. The van der Waals surface area contributed by atoms with E-state index in [-0.39, 0.29) is 22.4 Å². The van der Waals surface area contributed by atoms with Gasteiger partial charge in [-0.2, -0.15) is 14.6 Å². The van der Waals surface area contributed by atoms with Crippen LogP contribution in [0.4, 0.5) is 5.95 Å². The molecule has 10 nitrogen and oxygen atoms in total. The van der Waals surface area contributed by atoms with Crippen molar-refractivity contribution >= 4 is 16.0 Å². The molecule has 1 saturated heterocycles. The molecule has 0 bridgehead atoms. The Morgan fingerprint density at radius 2 is 2.06 bits per heavy atom. The van der Waals surface area contributed by atoms with E-state index in [4.69, 9.17) is 4.74 Å². The Kier molecular flexibility index (Phi) is 6.52. The first kappa shape index (κ1) is 23.4. The molecule has 2 fully saturated rings. The summed E-state index contributed by atoms with van der Waals surface area (Å²) in [6, 6.07) is 5.21. The van der Waals surface area contributed by atoms with E-state index < -0.39 is 21.7 Å². The summed E-state index contributed by atoms with van der Waals surface area (Å²) >= 11 is 0. The highest BCUT2D eigenvalue weighted by molar-refractivity contribution is 7.89. The van der Waals surface area contributed by atoms with E-state index >= 15 is 0 Å². The van der Waals surface area contributed by atoms with E-state index in [0.29, 0.717) is 50.4 Å². The Balaban J connectivity index is 1.41. The fourth-order valence-corrected chi connectivity index (χ4v) is 5.99. The highest BCUT2D eigenvalue weighted by Crippen LogP contribution is 2.33. The molecule has 0 aromatic carbocycles. The van der Waals surface area contributed by atoms with Crippen molar-refractivity contribution in [2.45, 2.75) is 68.6 Å². The number of hydrogen-bond acceptors (Lipinski definition) is 9. The fourth-order valence-electron chi connectivity index (χ4n) is 4.34. The van der Waals surface area contributed by atoms with Crippen LogP contribution in [0.25, 0.3) is 0 Å². The summed E-state index contributed by atoms with van der Waals surface area (Å²) in [7, 11) is -3.60. The molecule has 2 aliphatic rings. The number of aliphatic hydroxyl groups is 1. The fraction of sp³-hybridized carbons (Fsp3) is 0.545. The van der Waals surface area contributed by atoms with Crippen LogP contribution in [-0.2, 0) is 10.0 Å². The summed E-state index contributed by atoms with van der Waals surface area (Å²) in [5.41, 5.74) is -0.274. The maximum Gasteiger partial charge on any atom is 0.244 e. The molecule has 33 heavy (non-hydrogen) atoms. The van der Waals surface area contributed by atoms with Crippen LogP contribution in [0.15, 0.2) is 29.4 Å². The largest absolute Gasteiger partial charge is 0.470 e. The van der Waals surface area contributed by atoms with Gasteiger partial charge in [0.25, 0.3) is 0 Å². The summed E-state index contributed by atoms with van der Waals surface area (Å²) in [6.07, 6.45) is 5.87. The molecule has 0 spiro atoms. The number of nitrogens with zero attached hydrogens (tertiary/aromatic N) is 5. The van der Waals surface area contributed by atoms with Crippen molar-refractivity contribution in [2.75, 3.05) is 18.4 Å². The number of nitriles is 1. The van der Waals surface area contributed by atoms with Gasteiger partial charge >= 0.3 is 0 Å². The van der Waals surface area contributed by atoms with Gasteiger partial charge in [-0.05, 0) is 58.1 Å². The second-order valence-corrected chi connectivity index (χ2v) is 10.7. The number of rotatable bonds is 6. The zero-order valence-electron chi connectivity index (χ0n) is 18.7. The predicted octanol–water partition coefficient (Wildman–Crippen LogP) is 2.00. The minimum absolute atomic E-state index is 0.0261. The monoisotopic (exact) mass is 472 g/mol. The molecule has 0 radical (unpaired) electrons. The van der Waals surface area contributed by atoms with Crippen LogP contribution in [-0.4, -0.2) is 63.6 Å². The first-order valence-electron chi connectivity index (χ1n) is 11.1. The summed E-state index contributed by atoms with van der Waals surface area (Å²) < 4.78 is 33.3. The summed E-state index contributed by atoms with van der Waals surface area (Å²) in [4.78, 5) is 12.9. The number of ether oxygens (including phenoxy) is 1. The highest BCUT2D eigenvalue weighted by atomic mass is 32.2. The normalized spacial score (nSPS) is 24.4. The van der Waals surface area contributed by atoms with Crippen molar-refractivity contribution in [2.24, 2.45) is 0 Å². The molecule has 1 aliphatic carbocycles. The van der Waals surface area contributed by atoms with Gasteiger partial charge in [0.05, 0.1) is 17.5 Å². The molecule has 0 amide bonds. The number of sulfonamides is 1. The standard InChI is InChI=1S/C22H28N6O4S/c1-15-18(5-4-10-24-15)33(30,31)28-11-7-17(8-12-28)26-21-25-14-16(13-23)20(27-21)32-19-6-3-9-22(19,2)29/h4-5,10,14,17,19,29H,3,6-9,11-12H2,1-2H3,(H,25,26,27). The second-order valence-electron chi connectivity index (χ2n) is 8.79. The Morgan fingerprint density at radius 1 is 1.30 bits per heavy atom. The molecule has 2 atom stereocenters. The molecule has 2 aromatic rings. The van der Waals surface area contributed by atoms with Crippen LogP contribution < -0.4 is 10.1 Å². The van der Waals surface area contributed by atoms with E-state index in [9.17, 15) is 18.8 Å². The van der Waals surface area contributed by atoms with Gasteiger partial charge in [-0.1, -0.05) is 0 Å². The van der Waals surface area contributed by atoms with Crippen LogP contribution in [0.2, 0.25) is 0 Å². The van der Waals surface area contributed by atoms with Crippen LogP contribution >= 0.6 is 0 Å². The quantitative estimate of drug-likeness (QED) is 0.645. The zero-order valence-corrected chi connectivity index (χ0v) is 19.5. The predicted molar refractivity (Wildman–Crippen MR) is 120 cm³/mol. The molecule has 2 N–H and O–H groups in total. The highest BCUT2D eigenvalue weighted by Gasteiger charge is 2.39. The maximum atomic E-state index is 13.0. The van der Waals surface area contributed by atoms with Gasteiger partial charge in [0.15, 0.2) is 0 Å². The molecule has 4 rings (SSSR count). The Morgan fingerprint density at radius 3 is 2.70 bits per heavy atom. The lowest BCUT2D eigenvalue weighted by molar-refractivity contribution is -0.0271. The molecule has 1 aliphatic heterocycles. The topological polar surface area (TPSA) is 141 Å². The number of nitrogens with one attached hydrogen (secondary N) is 1. The molecule has 1 saturated carbocycles. The first-order chi connectivity index (χ1) is 15.7. The molecule has 2 unspecified atom stereocenters. The number of pyridine rings is 1. The molecule has 11 heteroatoms. The third-order valence-electron chi connectivity index (χ3n) is 6.33. The first-order valence-corrected chi connectivity index (χ1v) is 12.5. The SMILES string of the molecule is Cc1ncccc1S(=O)(=O)N1CCC(Nc2ncc(C#N)c(OC3CCCC3(C)O)n2)CC1. The van der Waals surface area contributed by atoms with Gasteiger partial charge in [-0.15, -0.1) is 0 Å². The summed E-state index contributed by atoms with van der Waals surface area (Å²) in [6.45, 7) is 4.14. The molecular formula is C22H28N6O4S. The van der Waals surface area contributed by atoms with Crippen molar-refractivity contribution in [3.63, 3.8) is 0 Å². The van der Waals surface area contributed by atoms with Gasteiger partial charge < -0.3 is 15.2 Å². The van der Waals surface area contributed by atoms with Crippen LogP contribution in [0.1, 0.15) is 50.3 Å². The number of hydrogen-bond donors (Lipinski definition) is 2. The zero-order chi connectivity index (χ0) is 23.6. The van der Waals surface area contributed by atoms with E-state index in [1.54, 1.807) is 32.2 Å². The van der Waals surface area contributed by atoms with Crippen LogP contribution in [0.3, 0.4) is 0 Å². The van der Waals surface area contributed by atoms with Crippen LogP contribution in [0.5, 0.6) is 5.88 Å². The van der Waals surface area contributed by atoms with Gasteiger partial charge in [0.2, 0.25) is 21.9 Å². The Labute approximate surface area is 193 Å². The van der Waals surface area contributed by atoms with E-state index in [0.717, 1.165) is 6.42 Å². The number of aryl methyl sites for hydroxylation is 1. The van der Waals surface area contributed by atoms with Gasteiger partial charge in [0, 0.05) is 25.3 Å². The lowest BCUT2D eigenvalue weighted by atomic mass is 10.0. The minimum atomic E-state index is -3.60. The summed E-state index contributed by atoms with van der Waals surface area (Å²) in [5, 5.41) is 23.1. The number of aromatic nitrogens is 3. The Hall–Kier alpha value is -2.81. The van der Waals surface area contributed by atoms with Crippen molar-refractivity contribution in [1.29, 1.82) is 5.26 Å². The number of piperidine rings is 1. The lowest BCUT2D eigenvalue weighted by Crippen LogP contribution is -2.42. The molecule has 3 heterocycles. The average molecular weight is 473 g/mol. The summed E-state index contributed by atoms with van der Waals surface area (Å²) in [5.74, 6) is 0.459. The number of anilines is 1. The Bertz CT molecular complexity index is 1160. The maximum absolute atomic E-state index is 13.0. The van der Waals surface area contributed by atoms with E-state index in [2.05, 4.69) is 20.3 Å². The van der Waals surface area contributed by atoms with E-state index in [1.807, 2.05) is 6.07 Å².